The third kappa shape index (κ3) is 2.76. The third-order valence-electron chi connectivity index (χ3n) is 2.13. The van der Waals surface area contributed by atoms with Crippen LogP contribution in [0.2, 0.25) is 0 Å². The topological polar surface area (TPSA) is 37.8 Å². The van der Waals surface area contributed by atoms with Gasteiger partial charge in [0.25, 0.3) is 0 Å². The van der Waals surface area contributed by atoms with Gasteiger partial charge in [0.15, 0.2) is 0 Å². The fourth-order valence-electron chi connectivity index (χ4n) is 1.34. The van der Waals surface area contributed by atoms with Crippen LogP contribution in [0.25, 0.3) is 0 Å². The summed E-state index contributed by atoms with van der Waals surface area (Å²) in [6.45, 7) is 2.86. The maximum absolute atomic E-state index is 4.23. The molecule has 0 fully saturated rings. The molecule has 0 aromatic carbocycles. The van der Waals surface area contributed by atoms with E-state index in [-0.39, 0.29) is 0 Å². The Morgan fingerprint density at radius 3 is 2.93 bits per heavy atom. The minimum absolute atomic E-state index is 0.883. The van der Waals surface area contributed by atoms with Crippen LogP contribution in [0.1, 0.15) is 10.6 Å². The lowest BCUT2D eigenvalue weighted by molar-refractivity contribution is 1.00. The van der Waals surface area contributed by atoms with E-state index in [0.717, 1.165) is 24.5 Å². The van der Waals surface area contributed by atoms with E-state index >= 15 is 0 Å². The molecule has 0 amide bonds. The molecule has 0 spiro atoms. The van der Waals surface area contributed by atoms with Crippen molar-refractivity contribution in [2.24, 2.45) is 0 Å². The van der Waals surface area contributed by atoms with Crippen molar-refractivity contribution in [3.8, 4) is 0 Å². The zero-order valence-electron chi connectivity index (χ0n) is 8.60. The first-order valence-corrected chi connectivity index (χ1v) is 5.78. The highest BCUT2D eigenvalue weighted by Crippen LogP contribution is 2.10. The summed E-state index contributed by atoms with van der Waals surface area (Å²) in [4.78, 5) is 9.79. The lowest BCUT2D eigenvalue weighted by Crippen LogP contribution is -2.07. The molecule has 2 aromatic heterocycles. The van der Waals surface area contributed by atoms with Crippen LogP contribution in [0.3, 0.4) is 0 Å². The number of anilines is 1. The van der Waals surface area contributed by atoms with Gasteiger partial charge in [-0.25, -0.2) is 4.98 Å². The first-order valence-electron chi connectivity index (χ1n) is 4.90. The summed E-state index contributed by atoms with van der Waals surface area (Å²) in [6.07, 6.45) is 4.45. The number of aryl methyl sites for hydroxylation is 1. The Balaban J connectivity index is 1.86. The summed E-state index contributed by atoms with van der Waals surface area (Å²) < 4.78 is 0. The molecular formula is C11H13N3S. The van der Waals surface area contributed by atoms with E-state index in [1.165, 1.54) is 4.88 Å². The van der Waals surface area contributed by atoms with E-state index in [2.05, 4.69) is 32.8 Å². The molecule has 0 aliphatic carbocycles. The molecule has 78 valence electrons. The number of nitrogens with one attached hydrogen (secondary N) is 1. The van der Waals surface area contributed by atoms with Crippen molar-refractivity contribution in [2.75, 3.05) is 11.9 Å². The van der Waals surface area contributed by atoms with Gasteiger partial charge in [-0.2, -0.15) is 0 Å². The molecule has 15 heavy (non-hydrogen) atoms. The lowest BCUT2D eigenvalue weighted by Gasteiger charge is -2.05. The number of nitrogens with zero attached hydrogens (tertiary/aromatic N) is 2. The third-order valence-corrected chi connectivity index (χ3v) is 3.06. The SMILES string of the molecule is Cc1nccnc1NCCc1cccs1. The van der Waals surface area contributed by atoms with Gasteiger partial charge in [0.05, 0.1) is 5.69 Å². The zero-order valence-corrected chi connectivity index (χ0v) is 9.42. The molecule has 3 nitrogen and oxygen atoms in total. The van der Waals surface area contributed by atoms with Crippen LogP contribution in [0.15, 0.2) is 29.9 Å². The van der Waals surface area contributed by atoms with Crippen LogP contribution in [0, 0.1) is 6.92 Å². The molecule has 0 aliphatic rings. The molecular weight excluding hydrogens is 206 g/mol. The summed E-state index contributed by atoms with van der Waals surface area (Å²) >= 11 is 1.79. The van der Waals surface area contributed by atoms with E-state index in [4.69, 9.17) is 0 Å². The summed E-state index contributed by atoms with van der Waals surface area (Å²) in [7, 11) is 0. The Kier molecular flexibility index (Phi) is 3.29. The molecule has 0 atom stereocenters. The van der Waals surface area contributed by atoms with Gasteiger partial charge in [0, 0.05) is 23.8 Å². The highest BCUT2D eigenvalue weighted by atomic mass is 32.1. The molecule has 0 unspecified atom stereocenters. The van der Waals surface area contributed by atoms with E-state index in [1.54, 1.807) is 23.7 Å². The maximum atomic E-state index is 4.23. The molecule has 2 heterocycles. The Bertz CT molecular complexity index is 412. The Morgan fingerprint density at radius 1 is 1.33 bits per heavy atom. The van der Waals surface area contributed by atoms with Crippen LogP contribution in [-0.2, 0) is 6.42 Å². The maximum Gasteiger partial charge on any atom is 0.147 e. The minimum Gasteiger partial charge on any atom is -0.368 e. The molecule has 0 saturated heterocycles. The number of rotatable bonds is 4. The van der Waals surface area contributed by atoms with Gasteiger partial charge >= 0.3 is 0 Å². The number of hydrogen-bond donors (Lipinski definition) is 1. The first-order chi connectivity index (χ1) is 7.36. The van der Waals surface area contributed by atoms with Crippen molar-refractivity contribution >= 4 is 17.2 Å². The highest BCUT2D eigenvalue weighted by Gasteiger charge is 1.98. The van der Waals surface area contributed by atoms with Crippen LogP contribution < -0.4 is 5.32 Å². The molecule has 2 rings (SSSR count). The fourth-order valence-corrected chi connectivity index (χ4v) is 2.05. The van der Waals surface area contributed by atoms with Crippen molar-refractivity contribution in [1.82, 2.24) is 9.97 Å². The van der Waals surface area contributed by atoms with Gasteiger partial charge in [-0.15, -0.1) is 11.3 Å². The largest absolute Gasteiger partial charge is 0.368 e. The second-order valence-corrected chi connectivity index (χ2v) is 4.28. The van der Waals surface area contributed by atoms with Crippen LogP contribution in [0.4, 0.5) is 5.82 Å². The van der Waals surface area contributed by atoms with E-state index in [1.807, 2.05) is 6.92 Å². The Morgan fingerprint density at radius 2 is 2.20 bits per heavy atom. The number of hydrogen-bond acceptors (Lipinski definition) is 4. The summed E-state index contributed by atoms with van der Waals surface area (Å²) in [5.74, 6) is 0.883. The quantitative estimate of drug-likeness (QED) is 0.858. The van der Waals surface area contributed by atoms with E-state index in [0.29, 0.717) is 0 Å². The van der Waals surface area contributed by atoms with Gasteiger partial charge < -0.3 is 5.32 Å². The molecule has 2 aromatic rings. The summed E-state index contributed by atoms with van der Waals surface area (Å²) in [5.41, 5.74) is 0.948. The monoisotopic (exact) mass is 219 g/mol. The predicted octanol–water partition coefficient (Wildman–Crippen LogP) is 2.50. The lowest BCUT2D eigenvalue weighted by atomic mass is 10.3. The average molecular weight is 219 g/mol. The van der Waals surface area contributed by atoms with Crippen molar-refractivity contribution in [3.05, 3.63) is 40.5 Å². The van der Waals surface area contributed by atoms with E-state index < -0.39 is 0 Å². The second-order valence-electron chi connectivity index (χ2n) is 3.25. The van der Waals surface area contributed by atoms with Gasteiger partial charge in [-0.3, -0.25) is 4.98 Å². The molecule has 0 radical (unpaired) electrons. The van der Waals surface area contributed by atoms with Crippen molar-refractivity contribution in [1.29, 1.82) is 0 Å². The van der Waals surface area contributed by atoms with Gasteiger partial charge in [0.1, 0.15) is 5.82 Å². The van der Waals surface area contributed by atoms with Crippen LogP contribution >= 0.6 is 11.3 Å². The first kappa shape index (κ1) is 10.1. The van der Waals surface area contributed by atoms with Gasteiger partial charge in [-0.1, -0.05) is 6.07 Å². The van der Waals surface area contributed by atoms with Crippen molar-refractivity contribution in [2.45, 2.75) is 13.3 Å². The average Bonchev–Trinajstić information content (AvgIpc) is 2.74. The number of thiophene rings is 1. The zero-order chi connectivity index (χ0) is 10.5. The normalized spacial score (nSPS) is 10.2. The minimum atomic E-state index is 0.883. The molecule has 1 N–H and O–H groups in total. The second kappa shape index (κ2) is 4.89. The standard InChI is InChI=1S/C11H13N3S/c1-9-11(14-7-6-12-9)13-5-4-10-3-2-8-15-10/h2-3,6-8H,4-5H2,1H3,(H,13,14). The predicted molar refractivity (Wildman–Crippen MR) is 63.3 cm³/mol. The van der Waals surface area contributed by atoms with E-state index in [9.17, 15) is 0 Å². The number of aromatic nitrogens is 2. The summed E-state index contributed by atoms with van der Waals surface area (Å²) in [6, 6.07) is 4.23. The Labute approximate surface area is 93.2 Å². The smallest absolute Gasteiger partial charge is 0.147 e. The van der Waals surface area contributed by atoms with Crippen LogP contribution in [0.5, 0.6) is 0 Å². The highest BCUT2D eigenvalue weighted by molar-refractivity contribution is 7.09. The van der Waals surface area contributed by atoms with Gasteiger partial charge in [-0.05, 0) is 24.8 Å². The van der Waals surface area contributed by atoms with Crippen LogP contribution in [-0.4, -0.2) is 16.5 Å². The molecule has 4 heteroatoms. The molecule has 0 bridgehead atoms. The van der Waals surface area contributed by atoms with Gasteiger partial charge in [0.2, 0.25) is 0 Å². The molecule has 0 saturated carbocycles. The summed E-state index contributed by atoms with van der Waals surface area (Å²) in [5, 5.41) is 5.38. The van der Waals surface area contributed by atoms with Crippen molar-refractivity contribution in [3.63, 3.8) is 0 Å². The fraction of sp³-hybridized carbons (Fsp3) is 0.273. The molecule has 0 aliphatic heterocycles. The van der Waals surface area contributed by atoms with Crippen molar-refractivity contribution < 1.29 is 0 Å². The Hall–Kier alpha value is -1.42.